The van der Waals surface area contributed by atoms with E-state index in [2.05, 4.69) is 0 Å². The molecule has 19 heavy (non-hydrogen) atoms. The number of carbonyl (C=O) groups excluding carboxylic acids is 1. The standard InChI is InChI=1S/C14H10F3NO/c1-7-2-8(4-10(18)3-7)14(19)13-11(16)5-9(15)6-12(13)17/h2-6H,18H2,1H3. The van der Waals surface area contributed by atoms with E-state index in [0.717, 1.165) is 0 Å². The Morgan fingerprint density at radius 1 is 1.00 bits per heavy atom. The van der Waals surface area contributed by atoms with Crippen molar-refractivity contribution in [3.8, 4) is 0 Å². The van der Waals surface area contributed by atoms with Gasteiger partial charge in [0.05, 0.1) is 5.56 Å². The van der Waals surface area contributed by atoms with Crippen LogP contribution in [0, 0.1) is 24.4 Å². The van der Waals surface area contributed by atoms with Gasteiger partial charge in [0, 0.05) is 23.4 Å². The summed E-state index contributed by atoms with van der Waals surface area (Å²) in [5.41, 5.74) is 5.85. The molecular weight excluding hydrogens is 255 g/mol. The second-order valence-electron chi connectivity index (χ2n) is 4.21. The summed E-state index contributed by atoms with van der Waals surface area (Å²) in [5.74, 6) is -4.41. The molecule has 0 saturated heterocycles. The Morgan fingerprint density at radius 3 is 2.11 bits per heavy atom. The van der Waals surface area contributed by atoms with E-state index in [0.29, 0.717) is 23.4 Å². The average molecular weight is 265 g/mol. The summed E-state index contributed by atoms with van der Waals surface area (Å²) in [5, 5.41) is 0. The van der Waals surface area contributed by atoms with E-state index in [1.54, 1.807) is 13.0 Å². The Morgan fingerprint density at radius 2 is 1.58 bits per heavy atom. The summed E-state index contributed by atoms with van der Waals surface area (Å²) in [4.78, 5) is 12.0. The van der Waals surface area contributed by atoms with Gasteiger partial charge >= 0.3 is 0 Å². The van der Waals surface area contributed by atoms with Crippen LogP contribution < -0.4 is 5.73 Å². The second kappa shape index (κ2) is 4.76. The third-order valence-electron chi connectivity index (χ3n) is 2.60. The number of aryl methyl sites for hydroxylation is 1. The quantitative estimate of drug-likeness (QED) is 0.669. The van der Waals surface area contributed by atoms with Crippen molar-refractivity contribution in [2.24, 2.45) is 0 Å². The maximum atomic E-state index is 13.5. The number of carbonyl (C=O) groups is 1. The number of hydrogen-bond acceptors (Lipinski definition) is 2. The van der Waals surface area contributed by atoms with Gasteiger partial charge in [-0.15, -0.1) is 0 Å². The smallest absolute Gasteiger partial charge is 0.199 e. The molecule has 0 heterocycles. The summed E-state index contributed by atoms with van der Waals surface area (Å²) in [6.07, 6.45) is 0. The zero-order chi connectivity index (χ0) is 14.2. The molecule has 0 atom stereocenters. The van der Waals surface area contributed by atoms with Crippen molar-refractivity contribution in [2.45, 2.75) is 6.92 Å². The monoisotopic (exact) mass is 265 g/mol. The highest BCUT2D eigenvalue weighted by atomic mass is 19.1. The number of nitrogen functional groups attached to an aromatic ring is 1. The van der Waals surface area contributed by atoms with Crippen LogP contribution in [-0.4, -0.2) is 5.78 Å². The molecule has 98 valence electrons. The molecular formula is C14H10F3NO. The van der Waals surface area contributed by atoms with Crippen molar-refractivity contribution in [2.75, 3.05) is 5.73 Å². The minimum absolute atomic E-state index is 0.0573. The molecule has 2 N–H and O–H groups in total. The average Bonchev–Trinajstić information content (AvgIpc) is 2.25. The third kappa shape index (κ3) is 2.59. The number of halogens is 3. The highest BCUT2D eigenvalue weighted by Gasteiger charge is 2.20. The number of anilines is 1. The fourth-order valence-corrected chi connectivity index (χ4v) is 1.85. The van der Waals surface area contributed by atoms with Crippen LogP contribution in [0.4, 0.5) is 18.9 Å². The van der Waals surface area contributed by atoms with E-state index < -0.39 is 28.8 Å². The highest BCUT2D eigenvalue weighted by molar-refractivity contribution is 6.09. The van der Waals surface area contributed by atoms with Gasteiger partial charge in [-0.25, -0.2) is 13.2 Å². The van der Waals surface area contributed by atoms with Crippen molar-refractivity contribution < 1.29 is 18.0 Å². The maximum absolute atomic E-state index is 13.5. The molecule has 2 rings (SSSR count). The van der Waals surface area contributed by atoms with Crippen LogP contribution in [0.1, 0.15) is 21.5 Å². The molecule has 0 fully saturated rings. The van der Waals surface area contributed by atoms with E-state index in [1.807, 2.05) is 0 Å². The van der Waals surface area contributed by atoms with Crippen molar-refractivity contribution in [3.05, 3.63) is 64.5 Å². The molecule has 0 unspecified atom stereocenters. The van der Waals surface area contributed by atoms with Gasteiger partial charge in [0.15, 0.2) is 5.78 Å². The molecule has 0 bridgehead atoms. The summed E-state index contributed by atoms with van der Waals surface area (Å²) >= 11 is 0. The molecule has 0 aliphatic carbocycles. The number of benzene rings is 2. The fraction of sp³-hybridized carbons (Fsp3) is 0.0714. The largest absolute Gasteiger partial charge is 0.399 e. The van der Waals surface area contributed by atoms with Gasteiger partial charge in [-0.1, -0.05) is 0 Å². The first-order valence-electron chi connectivity index (χ1n) is 5.45. The van der Waals surface area contributed by atoms with Crippen LogP contribution >= 0.6 is 0 Å². The van der Waals surface area contributed by atoms with Crippen LogP contribution in [-0.2, 0) is 0 Å². The Kier molecular flexibility index (Phi) is 3.29. The first-order valence-corrected chi connectivity index (χ1v) is 5.45. The van der Waals surface area contributed by atoms with E-state index in [-0.39, 0.29) is 5.56 Å². The maximum Gasteiger partial charge on any atom is 0.199 e. The summed E-state index contributed by atoms with van der Waals surface area (Å²) < 4.78 is 39.8. The highest BCUT2D eigenvalue weighted by Crippen LogP contribution is 2.21. The molecule has 0 aliphatic heterocycles. The number of rotatable bonds is 2. The lowest BCUT2D eigenvalue weighted by Gasteiger charge is -2.06. The van der Waals surface area contributed by atoms with Gasteiger partial charge in [0.2, 0.25) is 0 Å². The van der Waals surface area contributed by atoms with Gasteiger partial charge in [-0.2, -0.15) is 0 Å². The first kappa shape index (κ1) is 13.1. The van der Waals surface area contributed by atoms with Crippen molar-refractivity contribution in [3.63, 3.8) is 0 Å². The van der Waals surface area contributed by atoms with Gasteiger partial charge in [0.1, 0.15) is 17.5 Å². The van der Waals surface area contributed by atoms with Crippen LogP contribution in [0.2, 0.25) is 0 Å². The lowest BCUT2D eigenvalue weighted by molar-refractivity contribution is 0.103. The second-order valence-corrected chi connectivity index (χ2v) is 4.21. The zero-order valence-electron chi connectivity index (χ0n) is 10.0. The Balaban J connectivity index is 2.56. The van der Waals surface area contributed by atoms with Crippen LogP contribution in [0.5, 0.6) is 0 Å². The number of hydrogen-bond donors (Lipinski definition) is 1. The molecule has 0 amide bonds. The summed E-state index contributed by atoms with van der Waals surface area (Å²) in [7, 11) is 0. The van der Waals surface area contributed by atoms with E-state index >= 15 is 0 Å². The third-order valence-corrected chi connectivity index (χ3v) is 2.60. The predicted octanol–water partition coefficient (Wildman–Crippen LogP) is 3.23. The molecule has 0 spiro atoms. The molecule has 0 radical (unpaired) electrons. The lowest BCUT2D eigenvalue weighted by Crippen LogP contribution is -2.09. The van der Waals surface area contributed by atoms with Crippen LogP contribution in [0.3, 0.4) is 0 Å². The van der Waals surface area contributed by atoms with Gasteiger partial charge in [-0.3, -0.25) is 4.79 Å². The van der Waals surface area contributed by atoms with E-state index in [4.69, 9.17) is 5.73 Å². The molecule has 0 saturated carbocycles. The summed E-state index contributed by atoms with van der Waals surface area (Å²) in [6.45, 7) is 1.70. The predicted molar refractivity (Wildman–Crippen MR) is 65.3 cm³/mol. The zero-order valence-corrected chi connectivity index (χ0v) is 10.0. The number of ketones is 1. The van der Waals surface area contributed by atoms with Crippen molar-refractivity contribution in [1.82, 2.24) is 0 Å². The fourth-order valence-electron chi connectivity index (χ4n) is 1.85. The molecule has 2 nitrogen and oxygen atoms in total. The summed E-state index contributed by atoms with van der Waals surface area (Å²) in [6, 6.07) is 5.33. The van der Waals surface area contributed by atoms with Crippen molar-refractivity contribution in [1.29, 1.82) is 0 Å². The molecule has 0 aromatic heterocycles. The van der Waals surface area contributed by atoms with Gasteiger partial charge in [0.25, 0.3) is 0 Å². The Labute approximate surface area is 107 Å². The van der Waals surface area contributed by atoms with Crippen LogP contribution in [0.15, 0.2) is 30.3 Å². The van der Waals surface area contributed by atoms with Crippen molar-refractivity contribution >= 4 is 11.5 Å². The SMILES string of the molecule is Cc1cc(N)cc(C(=O)c2c(F)cc(F)cc2F)c1. The van der Waals surface area contributed by atoms with Gasteiger partial charge in [-0.05, 0) is 30.7 Å². The molecule has 5 heteroatoms. The van der Waals surface area contributed by atoms with Gasteiger partial charge < -0.3 is 5.73 Å². The molecule has 0 aliphatic rings. The Hall–Kier alpha value is -2.30. The molecule has 2 aromatic carbocycles. The normalized spacial score (nSPS) is 10.5. The minimum Gasteiger partial charge on any atom is -0.399 e. The topological polar surface area (TPSA) is 43.1 Å². The first-order chi connectivity index (χ1) is 8.88. The lowest BCUT2D eigenvalue weighted by atomic mass is 10.00. The number of nitrogens with two attached hydrogens (primary N) is 1. The molecule has 2 aromatic rings. The minimum atomic E-state index is -1.23. The van der Waals surface area contributed by atoms with E-state index in [9.17, 15) is 18.0 Å². The Bertz CT molecular complexity index is 624. The van der Waals surface area contributed by atoms with Crippen LogP contribution in [0.25, 0.3) is 0 Å². The van der Waals surface area contributed by atoms with E-state index in [1.165, 1.54) is 12.1 Å².